The molecule has 0 amide bonds. The van der Waals surface area contributed by atoms with E-state index in [1.165, 1.54) is 0 Å². The van der Waals surface area contributed by atoms with Gasteiger partial charge in [0, 0.05) is 5.75 Å². The van der Waals surface area contributed by atoms with Gasteiger partial charge in [0.15, 0.2) is 17.9 Å². The summed E-state index contributed by atoms with van der Waals surface area (Å²) in [7, 11) is 0. The van der Waals surface area contributed by atoms with E-state index in [4.69, 9.17) is 11.5 Å². The third kappa shape index (κ3) is 18.0. The van der Waals surface area contributed by atoms with Crippen LogP contribution in [0.15, 0.2) is 47.2 Å². The number of hydrogen-bond donors (Lipinski definition) is 2. The molecule has 0 aromatic rings. The van der Waals surface area contributed by atoms with Crippen LogP contribution in [-0.4, -0.2) is 16.4 Å². The summed E-state index contributed by atoms with van der Waals surface area (Å²) in [6.45, 7) is 0. The first-order valence-electron chi connectivity index (χ1n) is 5.37. The van der Waals surface area contributed by atoms with Crippen molar-refractivity contribution in [2.45, 2.75) is 0 Å². The Bertz CT molecular complexity index is 571. The van der Waals surface area contributed by atoms with Gasteiger partial charge < -0.3 is 72.9 Å². The van der Waals surface area contributed by atoms with Crippen LogP contribution >= 0.6 is 11.8 Å². The molecule has 0 fully saturated rings. The molecule has 2 aliphatic rings. The van der Waals surface area contributed by atoms with Gasteiger partial charge in [-0.3, -0.25) is 17.8 Å². The molecule has 0 saturated heterocycles. The molecular weight excluding hydrogens is 1200 g/mol. The summed E-state index contributed by atoms with van der Waals surface area (Å²) in [6, 6.07) is 0. The van der Waals surface area contributed by atoms with Crippen LogP contribution in [0.5, 0.6) is 0 Å². The molecule has 4 radical (unpaired) electrons. The van der Waals surface area contributed by atoms with Crippen molar-refractivity contribution < 1.29 is 160 Å². The molecule has 26 heavy (non-hydrogen) atoms. The maximum atomic E-state index is 5.80. The topological polar surface area (TPSA) is 52.0 Å². The number of hydrogen-bond acceptors (Lipinski definition) is 3. The summed E-state index contributed by atoms with van der Waals surface area (Å²) in [5, 5.41) is 1.03. The smallest absolute Gasteiger partial charge is 1.00 e. The molecule has 0 unspecified atom stereocenters. The van der Waals surface area contributed by atoms with Crippen LogP contribution in [0.4, 0.5) is 0 Å². The zero-order valence-electron chi connectivity index (χ0n) is 14.0. The van der Waals surface area contributed by atoms with Gasteiger partial charge >= 0.3 is 116 Å². The molecule has 0 spiro atoms. The Morgan fingerprint density at radius 1 is 1.12 bits per heavy atom. The van der Waals surface area contributed by atoms with Crippen molar-refractivity contribution in [3.8, 4) is 0 Å². The summed E-state index contributed by atoms with van der Waals surface area (Å²) in [4.78, 5) is 1.03. The standard InChI is InChI=1S/C14H12N2S2.4ClH.4Hg/c15-11-5-1-3-7-13(11)17-9-10-18-14-8-4-2-6-12(14)16;;;;;;;;/h1-2,7-8H,9-10,15-16H2;4*1H;;;;/q;;;;;4*+1/p-4. The fourth-order valence-corrected chi connectivity index (χ4v) is 3.15. The number of nitrogens with two attached hydrogens (primary N) is 2. The van der Waals surface area contributed by atoms with Gasteiger partial charge in [0.2, 0.25) is 0 Å². The van der Waals surface area contributed by atoms with E-state index in [0.29, 0.717) is 11.4 Å². The van der Waals surface area contributed by atoms with Crippen molar-refractivity contribution in [3.05, 3.63) is 64.6 Å². The Hall–Kier alpha value is 3.24. The quantitative estimate of drug-likeness (QED) is 0.0737. The van der Waals surface area contributed by atoms with Gasteiger partial charge in [0.25, 0.3) is 17.0 Å². The third-order valence-electron chi connectivity index (χ3n) is 2.18. The zero-order chi connectivity index (χ0) is 12.8. The Morgan fingerprint density at radius 2 is 1.73 bits per heavy atom. The summed E-state index contributed by atoms with van der Waals surface area (Å²) in [6.07, 6.45) is 13.1. The third-order valence-corrected chi connectivity index (χ3v) is 4.55. The van der Waals surface area contributed by atoms with Crippen LogP contribution in [0.1, 0.15) is 0 Å². The predicted octanol–water partition coefficient (Wildman–Crippen LogP) is -10.7. The average Bonchev–Trinajstić information content (AvgIpc) is 2.38. The van der Waals surface area contributed by atoms with Gasteiger partial charge in [-0.1, -0.05) is 0 Å². The first-order chi connectivity index (χ1) is 8.77. The molecule has 0 aromatic carbocycles. The van der Waals surface area contributed by atoms with E-state index < -0.39 is 0 Å². The molecule has 0 atom stereocenters. The Balaban J connectivity index is -0.0000000902. The molecule has 12 heteroatoms. The van der Waals surface area contributed by atoms with E-state index in [-0.39, 0.29) is 160 Å². The molecule has 126 valence electrons. The second-order valence-corrected chi connectivity index (χ2v) is 5.73. The van der Waals surface area contributed by atoms with Crippen molar-refractivity contribution in [3.63, 3.8) is 0 Å². The minimum Gasteiger partial charge on any atom is -1.00 e. The van der Waals surface area contributed by atoms with Crippen LogP contribution in [-0.2, 0) is 122 Å². The van der Waals surface area contributed by atoms with Crippen LogP contribution in [0.3, 0.4) is 0 Å². The van der Waals surface area contributed by atoms with Gasteiger partial charge in [0.05, 0.1) is 11.8 Å². The fourth-order valence-electron chi connectivity index (χ4n) is 1.31. The summed E-state index contributed by atoms with van der Waals surface area (Å²) >= 11 is 3.41. The molecule has 2 rings (SSSR count). The van der Waals surface area contributed by atoms with E-state index in [9.17, 15) is 0 Å². The minimum absolute atomic E-state index is 0. The van der Waals surface area contributed by atoms with Crippen molar-refractivity contribution in [2.24, 2.45) is 11.5 Å². The van der Waals surface area contributed by atoms with Crippen LogP contribution in [0, 0.1) is 17.4 Å². The number of thioether (sulfide) groups is 1. The van der Waals surface area contributed by atoms with Gasteiger partial charge in [0.1, 0.15) is 0 Å². The van der Waals surface area contributed by atoms with E-state index in [1.807, 2.05) is 12.2 Å². The Kier molecular flexibility index (Phi) is 51.2. The van der Waals surface area contributed by atoms with Gasteiger partial charge in [-0.2, -0.15) is 10.9 Å². The van der Waals surface area contributed by atoms with Gasteiger partial charge in [-0.25, -0.2) is 6.08 Å². The number of allylic oxidation sites excluding steroid dienone is 3. The minimum atomic E-state index is 0. The molecule has 0 heterocycles. The maximum Gasteiger partial charge on any atom is 1.00 e. The molecular formula is C14H12Cl4Hg4N2S2. The summed E-state index contributed by atoms with van der Waals surface area (Å²) in [5.74, 6) is 1.91. The van der Waals surface area contributed by atoms with E-state index in [0.717, 1.165) is 21.6 Å². The number of rotatable bonds is 4. The summed E-state index contributed by atoms with van der Waals surface area (Å²) in [5.41, 5.74) is 18.9. The molecule has 0 aliphatic heterocycles. The van der Waals surface area contributed by atoms with Crippen molar-refractivity contribution in [1.82, 2.24) is 0 Å². The van der Waals surface area contributed by atoms with E-state index in [1.54, 1.807) is 35.3 Å². The van der Waals surface area contributed by atoms with Gasteiger partial charge in [-0.05, 0) is 0 Å². The van der Waals surface area contributed by atoms with E-state index in [2.05, 4.69) is 23.6 Å². The Morgan fingerprint density at radius 3 is 2.27 bits per heavy atom. The first kappa shape index (κ1) is 47.1. The van der Waals surface area contributed by atoms with E-state index >= 15 is 0 Å². The van der Waals surface area contributed by atoms with Crippen LogP contribution in [0.2, 0.25) is 0 Å². The first-order valence-corrected chi connectivity index (χ1v) is 7.34. The molecule has 0 saturated carbocycles. The summed E-state index contributed by atoms with van der Waals surface area (Å²) < 4.78 is 0. The Labute approximate surface area is 271 Å². The molecule has 4 N–H and O–H groups in total. The van der Waals surface area contributed by atoms with Crippen molar-refractivity contribution in [2.75, 3.05) is 11.5 Å². The largest absolute Gasteiger partial charge is 1.00 e. The molecule has 2 aliphatic carbocycles. The SMILES string of the molecule is NC1=C=C[C+]=CC1=[S+]CCS[C-]1C=C=C[C-]=C1N.[Cl-].[Cl-].[Cl-].[Cl-].[Hg+].[Hg+].[Hg+].[Hg+]. The second kappa shape index (κ2) is 28.2. The van der Waals surface area contributed by atoms with Crippen LogP contribution in [0.25, 0.3) is 0 Å². The predicted molar refractivity (Wildman–Crippen MR) is 80.1 cm³/mol. The van der Waals surface area contributed by atoms with Crippen LogP contribution < -0.4 is 61.1 Å². The normalized spacial score (nSPS) is 13.1. The number of halogens is 4. The zero-order valence-corrected chi connectivity index (χ0v) is 40.7. The van der Waals surface area contributed by atoms with Crippen molar-refractivity contribution >= 4 is 28.0 Å². The maximum absolute atomic E-state index is 5.80. The molecule has 0 bridgehead atoms. The average molecular weight is 1220 g/mol. The van der Waals surface area contributed by atoms with Crippen molar-refractivity contribution in [1.29, 1.82) is 0 Å². The fraction of sp³-hybridized carbons (Fsp3) is 0.143. The molecule has 2 nitrogen and oxygen atoms in total. The second-order valence-electron chi connectivity index (χ2n) is 3.45. The molecule has 0 aromatic heterocycles. The van der Waals surface area contributed by atoms with Gasteiger partial charge in [-0.15, -0.1) is 0 Å². The monoisotopic (exact) mass is 1220 g/mol.